The van der Waals surface area contributed by atoms with Crippen molar-refractivity contribution in [1.82, 2.24) is 15.3 Å². The van der Waals surface area contributed by atoms with Crippen LogP contribution in [0.25, 0.3) is 33.5 Å². The molecule has 0 atom stereocenters. The number of amides is 2. The fourth-order valence-corrected chi connectivity index (χ4v) is 3.18. The minimum absolute atomic E-state index is 0.0395. The number of carbonyl (C=O) groups is 1. The van der Waals surface area contributed by atoms with Crippen molar-refractivity contribution in [2.24, 2.45) is 0 Å². The van der Waals surface area contributed by atoms with Gasteiger partial charge in [0, 0.05) is 30.0 Å². The quantitative estimate of drug-likeness (QED) is 0.418. The van der Waals surface area contributed by atoms with Crippen molar-refractivity contribution in [1.29, 1.82) is 0 Å². The summed E-state index contributed by atoms with van der Waals surface area (Å²) < 4.78 is 0. The summed E-state index contributed by atoms with van der Waals surface area (Å²) in [4.78, 5) is 21.8. The van der Waals surface area contributed by atoms with E-state index in [1.54, 1.807) is 6.07 Å². The maximum absolute atomic E-state index is 12.0. The first kappa shape index (κ1) is 19.5. The lowest BCUT2D eigenvalue weighted by atomic mass is 10.0. The van der Waals surface area contributed by atoms with E-state index in [1.165, 1.54) is 0 Å². The average Bonchev–Trinajstić information content (AvgIpc) is 2.79. The number of hydrogen-bond acceptors (Lipinski definition) is 4. The van der Waals surface area contributed by atoms with Gasteiger partial charge in [0.2, 0.25) is 0 Å². The van der Waals surface area contributed by atoms with Gasteiger partial charge in [-0.1, -0.05) is 60.7 Å². The van der Waals surface area contributed by atoms with E-state index in [9.17, 15) is 4.79 Å². The van der Waals surface area contributed by atoms with Crippen molar-refractivity contribution in [3.8, 4) is 22.5 Å². The topological polar surface area (TPSA) is 87.1 Å². The van der Waals surface area contributed by atoms with Crippen LogP contribution in [0.15, 0.2) is 78.9 Å². The van der Waals surface area contributed by atoms with Crippen LogP contribution >= 0.6 is 0 Å². The Morgan fingerprint density at radius 1 is 0.800 bits per heavy atom. The Bertz CT molecular complexity index is 1150. The zero-order valence-electron chi connectivity index (χ0n) is 16.4. The molecule has 0 aliphatic heterocycles. The monoisotopic (exact) mass is 398 g/mol. The average molecular weight is 398 g/mol. The number of aromatic nitrogens is 2. The molecule has 4 rings (SSSR count). The van der Waals surface area contributed by atoms with Crippen LogP contribution in [0.2, 0.25) is 0 Å². The fraction of sp³-hybridized carbons (Fsp3) is 0.125. The van der Waals surface area contributed by atoms with Crippen LogP contribution < -0.4 is 10.6 Å². The van der Waals surface area contributed by atoms with Crippen LogP contribution in [0.1, 0.15) is 6.42 Å². The highest BCUT2D eigenvalue weighted by Gasteiger charge is 2.13. The summed E-state index contributed by atoms with van der Waals surface area (Å²) in [6.45, 7) is 0.451. The molecule has 1 aromatic heterocycles. The largest absolute Gasteiger partial charge is 0.396 e. The summed E-state index contributed by atoms with van der Waals surface area (Å²) in [6.07, 6.45) is 0.513. The number of hydrogen-bond donors (Lipinski definition) is 3. The smallest absolute Gasteiger partial charge is 0.319 e. The van der Waals surface area contributed by atoms with Gasteiger partial charge in [-0.3, -0.25) is 0 Å². The molecule has 0 saturated carbocycles. The summed E-state index contributed by atoms with van der Waals surface area (Å²) in [5, 5.41) is 14.3. The highest BCUT2D eigenvalue weighted by Crippen LogP contribution is 2.31. The van der Waals surface area contributed by atoms with E-state index in [4.69, 9.17) is 15.1 Å². The van der Waals surface area contributed by atoms with Crippen LogP contribution in [0.3, 0.4) is 0 Å². The number of carbonyl (C=O) groups excluding carboxylic acids is 1. The summed E-state index contributed by atoms with van der Waals surface area (Å²) in [5.74, 6) is 0. The van der Waals surface area contributed by atoms with Crippen LogP contribution in [0, 0.1) is 0 Å². The van der Waals surface area contributed by atoms with Crippen LogP contribution in [0.5, 0.6) is 0 Å². The van der Waals surface area contributed by atoms with Gasteiger partial charge < -0.3 is 15.7 Å². The van der Waals surface area contributed by atoms with E-state index >= 15 is 0 Å². The number of rotatable bonds is 6. The molecule has 6 nitrogen and oxygen atoms in total. The number of fused-ring (bicyclic) bond motifs is 1. The third-order valence-electron chi connectivity index (χ3n) is 4.64. The summed E-state index contributed by atoms with van der Waals surface area (Å²) in [5.41, 5.74) is 5.66. The van der Waals surface area contributed by atoms with E-state index in [0.29, 0.717) is 24.2 Å². The molecule has 4 aromatic rings. The number of urea groups is 1. The predicted molar refractivity (Wildman–Crippen MR) is 119 cm³/mol. The molecule has 150 valence electrons. The van der Waals surface area contributed by atoms with Gasteiger partial charge in [0.1, 0.15) is 0 Å². The minimum atomic E-state index is -0.319. The maximum atomic E-state index is 12.0. The van der Waals surface area contributed by atoms with Crippen molar-refractivity contribution in [3.63, 3.8) is 0 Å². The molecule has 2 amide bonds. The lowest BCUT2D eigenvalue weighted by Crippen LogP contribution is -2.29. The molecule has 0 radical (unpaired) electrons. The number of nitrogens with zero attached hydrogens (tertiary/aromatic N) is 2. The van der Waals surface area contributed by atoms with Crippen molar-refractivity contribution in [2.75, 3.05) is 18.5 Å². The lowest BCUT2D eigenvalue weighted by Gasteiger charge is -2.12. The summed E-state index contributed by atoms with van der Waals surface area (Å²) >= 11 is 0. The second-order valence-electron chi connectivity index (χ2n) is 6.81. The van der Waals surface area contributed by atoms with Crippen molar-refractivity contribution in [2.45, 2.75) is 6.42 Å². The van der Waals surface area contributed by atoms with E-state index < -0.39 is 0 Å². The van der Waals surface area contributed by atoms with Gasteiger partial charge in [-0.05, 0) is 24.6 Å². The molecule has 1 heterocycles. The van der Waals surface area contributed by atoms with Gasteiger partial charge in [-0.25, -0.2) is 14.8 Å². The second kappa shape index (κ2) is 9.15. The number of benzene rings is 3. The molecular weight excluding hydrogens is 376 g/mol. The summed E-state index contributed by atoms with van der Waals surface area (Å²) in [7, 11) is 0. The highest BCUT2D eigenvalue weighted by molar-refractivity contribution is 5.93. The van der Waals surface area contributed by atoms with Gasteiger partial charge in [-0.2, -0.15) is 0 Å². The molecule has 3 N–H and O–H groups in total. The normalized spacial score (nSPS) is 10.7. The van der Waals surface area contributed by atoms with Gasteiger partial charge >= 0.3 is 6.03 Å². The molecule has 0 unspecified atom stereocenters. The Morgan fingerprint density at radius 2 is 1.40 bits per heavy atom. The highest BCUT2D eigenvalue weighted by atomic mass is 16.3. The Balaban J connectivity index is 1.73. The fourth-order valence-electron chi connectivity index (χ4n) is 3.18. The molecule has 0 aliphatic rings. The molecule has 0 aliphatic carbocycles. The molecule has 0 spiro atoms. The maximum Gasteiger partial charge on any atom is 0.319 e. The first-order valence-corrected chi connectivity index (χ1v) is 9.83. The van der Waals surface area contributed by atoms with Gasteiger partial charge in [0.25, 0.3) is 0 Å². The lowest BCUT2D eigenvalue weighted by molar-refractivity contribution is 0.249. The molecule has 0 fully saturated rings. The third kappa shape index (κ3) is 4.45. The second-order valence-corrected chi connectivity index (χ2v) is 6.81. The van der Waals surface area contributed by atoms with Gasteiger partial charge in [-0.15, -0.1) is 0 Å². The number of nitrogens with one attached hydrogen (secondary N) is 2. The van der Waals surface area contributed by atoms with E-state index in [0.717, 1.165) is 28.0 Å². The van der Waals surface area contributed by atoms with Crippen LogP contribution in [-0.4, -0.2) is 34.3 Å². The molecular formula is C24H22N4O2. The van der Waals surface area contributed by atoms with Gasteiger partial charge in [0.15, 0.2) is 0 Å². The molecule has 3 aromatic carbocycles. The van der Waals surface area contributed by atoms with Crippen LogP contribution in [-0.2, 0) is 0 Å². The van der Waals surface area contributed by atoms with Crippen molar-refractivity contribution >= 4 is 22.8 Å². The zero-order valence-corrected chi connectivity index (χ0v) is 16.4. The zero-order chi connectivity index (χ0) is 20.8. The van der Waals surface area contributed by atoms with Crippen molar-refractivity contribution in [3.05, 3.63) is 78.9 Å². The first-order chi connectivity index (χ1) is 14.7. The Labute approximate surface area is 174 Å². The van der Waals surface area contributed by atoms with Crippen LogP contribution in [0.4, 0.5) is 10.5 Å². The van der Waals surface area contributed by atoms with Gasteiger partial charge in [0.05, 0.1) is 22.4 Å². The molecule has 0 saturated heterocycles. The number of aliphatic hydroxyl groups excluding tert-OH is 1. The SMILES string of the molecule is O=C(NCCCO)Nc1ccc2nc(-c3ccccc3)c(-c3ccccc3)nc2c1. The summed E-state index contributed by atoms with van der Waals surface area (Å²) in [6, 6.07) is 25.1. The molecule has 6 heteroatoms. The third-order valence-corrected chi connectivity index (χ3v) is 4.64. The molecule has 30 heavy (non-hydrogen) atoms. The Kier molecular flexibility index (Phi) is 5.96. The van der Waals surface area contributed by atoms with E-state index in [-0.39, 0.29) is 12.6 Å². The van der Waals surface area contributed by atoms with E-state index in [2.05, 4.69) is 10.6 Å². The Morgan fingerprint density at radius 3 is 2.00 bits per heavy atom. The number of aliphatic hydroxyl groups is 1. The minimum Gasteiger partial charge on any atom is -0.396 e. The molecule has 0 bridgehead atoms. The van der Waals surface area contributed by atoms with E-state index in [1.807, 2.05) is 72.8 Å². The predicted octanol–water partition coefficient (Wildman–Crippen LogP) is 4.47. The number of anilines is 1. The first-order valence-electron chi connectivity index (χ1n) is 9.83. The standard InChI is InChI=1S/C24H22N4O2/c29-15-7-14-25-24(30)26-19-12-13-20-21(16-19)28-23(18-10-5-2-6-11-18)22(27-20)17-8-3-1-4-9-17/h1-6,8-13,16,29H,7,14-15H2,(H2,25,26,30). The Hall–Kier alpha value is -3.77. The van der Waals surface area contributed by atoms with Crippen molar-refractivity contribution < 1.29 is 9.90 Å².